The highest BCUT2D eigenvalue weighted by molar-refractivity contribution is 7.98. The van der Waals surface area contributed by atoms with Crippen LogP contribution in [0.1, 0.15) is 23.2 Å². The first-order valence-electron chi connectivity index (χ1n) is 13.5. The van der Waals surface area contributed by atoms with Crippen LogP contribution in [0.25, 0.3) is 0 Å². The highest BCUT2D eigenvalue weighted by Crippen LogP contribution is 2.13. The van der Waals surface area contributed by atoms with Crippen LogP contribution in [0.15, 0.2) is 61.1 Å². The van der Waals surface area contributed by atoms with Gasteiger partial charge in [0.25, 0.3) is 0 Å². The number of nitrogens with zero attached hydrogens (tertiary/aromatic N) is 1. The molecule has 0 aliphatic heterocycles. The first-order valence-corrected chi connectivity index (χ1v) is 14.9. The zero-order valence-corrected chi connectivity index (χ0v) is 24.3. The Hall–Kier alpha value is -4.56. The first-order chi connectivity index (χ1) is 20.5. The van der Waals surface area contributed by atoms with Gasteiger partial charge in [0.05, 0.1) is 12.4 Å². The number of carbonyl (C=O) groups is 4. The van der Waals surface area contributed by atoms with Gasteiger partial charge in [0.2, 0.25) is 17.7 Å². The number of nitrogens with two attached hydrogens (primary N) is 1. The third-order valence-corrected chi connectivity index (χ3v) is 7.22. The van der Waals surface area contributed by atoms with Gasteiger partial charge in [0, 0.05) is 24.7 Å². The molecule has 3 aromatic rings. The van der Waals surface area contributed by atoms with Crippen molar-refractivity contribution in [3.05, 3.63) is 77.9 Å². The number of imidazole rings is 1. The fourth-order valence-corrected chi connectivity index (χ4v) is 4.67. The number of aliphatic carboxylic acids is 1. The summed E-state index contributed by atoms with van der Waals surface area (Å²) >= 11 is 1.43. The minimum absolute atomic E-state index is 0.00251. The molecule has 13 nitrogen and oxygen atoms in total. The predicted octanol–water partition coefficient (Wildman–Crippen LogP) is 0.468. The molecule has 9 N–H and O–H groups in total. The van der Waals surface area contributed by atoms with E-state index in [0.29, 0.717) is 22.6 Å². The second kappa shape index (κ2) is 16.2. The van der Waals surface area contributed by atoms with Gasteiger partial charge in [-0.25, -0.2) is 9.78 Å². The van der Waals surface area contributed by atoms with Crippen LogP contribution in [0.3, 0.4) is 0 Å². The Morgan fingerprint density at radius 1 is 0.814 bits per heavy atom. The van der Waals surface area contributed by atoms with Gasteiger partial charge in [0.1, 0.15) is 29.6 Å². The largest absolute Gasteiger partial charge is 0.508 e. The molecule has 3 rings (SSSR count). The molecule has 3 amide bonds. The van der Waals surface area contributed by atoms with Gasteiger partial charge in [-0.1, -0.05) is 24.3 Å². The van der Waals surface area contributed by atoms with Crippen molar-refractivity contribution in [2.75, 3.05) is 12.0 Å². The standard InChI is InChI=1S/C29H36N6O7S/c1-43-11-10-23(29(41)42)33-27(39)24(13-18-4-8-21(37)9-5-18)35-28(40)25(14-19-15-31-16-32-19)34-26(38)22(30)12-17-2-6-20(36)7-3-17/h2-9,15-16,22-25,36-37H,10-14,30H2,1H3,(H,31,32)(H,33,39)(H,34,38)(H,35,40)(H,41,42). The zero-order chi connectivity index (χ0) is 31.4. The fourth-order valence-electron chi connectivity index (χ4n) is 4.20. The predicted molar refractivity (Wildman–Crippen MR) is 160 cm³/mol. The van der Waals surface area contributed by atoms with E-state index >= 15 is 0 Å². The molecule has 0 aliphatic carbocycles. The molecule has 2 aromatic carbocycles. The highest BCUT2D eigenvalue weighted by Gasteiger charge is 2.31. The Kier molecular flexibility index (Phi) is 12.4. The first kappa shape index (κ1) is 32.9. The van der Waals surface area contributed by atoms with Gasteiger partial charge in [-0.2, -0.15) is 11.8 Å². The van der Waals surface area contributed by atoms with Crippen molar-refractivity contribution < 1.29 is 34.5 Å². The van der Waals surface area contributed by atoms with Crippen LogP contribution >= 0.6 is 11.8 Å². The fraction of sp³-hybridized carbons (Fsp3) is 0.345. The number of phenolic OH excluding ortho intramolecular Hbond substituents is 2. The number of hydrogen-bond acceptors (Lipinski definition) is 9. The van der Waals surface area contributed by atoms with E-state index in [4.69, 9.17) is 5.73 Å². The third-order valence-electron chi connectivity index (χ3n) is 6.57. The molecule has 230 valence electrons. The van der Waals surface area contributed by atoms with Crippen LogP contribution in [-0.2, 0) is 38.4 Å². The summed E-state index contributed by atoms with van der Waals surface area (Å²) < 4.78 is 0. The Morgan fingerprint density at radius 3 is 1.84 bits per heavy atom. The topological polar surface area (TPSA) is 220 Å². The summed E-state index contributed by atoms with van der Waals surface area (Å²) in [6.45, 7) is 0. The van der Waals surface area contributed by atoms with Crippen LogP contribution in [0.4, 0.5) is 0 Å². The van der Waals surface area contributed by atoms with Crippen molar-refractivity contribution in [3.8, 4) is 11.5 Å². The lowest BCUT2D eigenvalue weighted by atomic mass is 10.0. The molecule has 4 atom stereocenters. The molecular formula is C29H36N6O7S. The number of thioether (sulfide) groups is 1. The summed E-state index contributed by atoms with van der Waals surface area (Å²) in [7, 11) is 0. The summed E-state index contributed by atoms with van der Waals surface area (Å²) in [5, 5.41) is 36.6. The number of rotatable bonds is 16. The molecule has 0 saturated carbocycles. The summed E-state index contributed by atoms with van der Waals surface area (Å²) in [5.74, 6) is -2.65. The number of carbonyl (C=O) groups excluding carboxylic acids is 3. The Balaban J connectivity index is 1.80. The van der Waals surface area contributed by atoms with Crippen LogP contribution in [-0.4, -0.2) is 85.2 Å². The molecule has 1 heterocycles. The summed E-state index contributed by atoms with van der Waals surface area (Å²) in [4.78, 5) is 58.6. The number of hydrogen-bond donors (Lipinski definition) is 8. The molecule has 0 saturated heterocycles. The van der Waals surface area contributed by atoms with Crippen molar-refractivity contribution in [3.63, 3.8) is 0 Å². The van der Waals surface area contributed by atoms with Crippen LogP contribution in [0, 0.1) is 0 Å². The lowest BCUT2D eigenvalue weighted by Crippen LogP contribution is -2.58. The Bertz CT molecular complexity index is 1350. The number of carboxylic acids is 1. The number of aromatic nitrogens is 2. The maximum Gasteiger partial charge on any atom is 0.326 e. The third kappa shape index (κ3) is 10.7. The van der Waals surface area contributed by atoms with Gasteiger partial charge in [-0.3, -0.25) is 14.4 Å². The molecule has 0 aliphatic rings. The number of benzene rings is 2. The van der Waals surface area contributed by atoms with Crippen molar-refractivity contribution in [2.24, 2.45) is 5.73 Å². The van der Waals surface area contributed by atoms with Gasteiger partial charge < -0.3 is 42.0 Å². The maximum absolute atomic E-state index is 13.6. The molecule has 1 aromatic heterocycles. The SMILES string of the molecule is CSCCC(NC(=O)C(Cc1ccc(O)cc1)NC(=O)C(Cc1cnc[nH]1)NC(=O)C(N)Cc1ccc(O)cc1)C(=O)O. The number of aromatic hydroxyl groups is 2. The average molecular weight is 613 g/mol. The van der Waals surface area contributed by atoms with Gasteiger partial charge >= 0.3 is 5.97 Å². The molecule has 43 heavy (non-hydrogen) atoms. The lowest BCUT2D eigenvalue weighted by Gasteiger charge is -2.25. The average Bonchev–Trinajstić information content (AvgIpc) is 3.49. The quantitative estimate of drug-likeness (QED) is 0.112. The van der Waals surface area contributed by atoms with Gasteiger partial charge in [-0.15, -0.1) is 0 Å². The normalized spacial score (nSPS) is 13.7. The van der Waals surface area contributed by atoms with Crippen molar-refractivity contribution in [1.82, 2.24) is 25.9 Å². The van der Waals surface area contributed by atoms with Gasteiger partial charge in [-0.05, 0) is 60.2 Å². The number of amides is 3. The number of nitrogens with one attached hydrogen (secondary N) is 4. The molecule has 0 radical (unpaired) electrons. The number of aromatic amines is 1. The molecule has 0 spiro atoms. The van der Waals surface area contributed by atoms with E-state index in [1.165, 1.54) is 48.6 Å². The second-order valence-electron chi connectivity index (χ2n) is 9.93. The van der Waals surface area contributed by atoms with Gasteiger partial charge in [0.15, 0.2) is 0 Å². The van der Waals surface area contributed by atoms with E-state index in [9.17, 15) is 34.5 Å². The highest BCUT2D eigenvalue weighted by atomic mass is 32.2. The van der Waals surface area contributed by atoms with E-state index in [1.807, 2.05) is 6.26 Å². The van der Waals surface area contributed by atoms with E-state index in [2.05, 4.69) is 25.9 Å². The van der Waals surface area contributed by atoms with E-state index in [1.54, 1.807) is 24.3 Å². The van der Waals surface area contributed by atoms with Crippen LogP contribution in [0.2, 0.25) is 0 Å². The van der Waals surface area contributed by atoms with E-state index in [-0.39, 0.29) is 37.2 Å². The van der Waals surface area contributed by atoms with E-state index < -0.39 is 47.9 Å². The van der Waals surface area contributed by atoms with Crippen LogP contribution in [0.5, 0.6) is 11.5 Å². The minimum Gasteiger partial charge on any atom is -0.508 e. The smallest absolute Gasteiger partial charge is 0.326 e. The number of H-pyrrole nitrogens is 1. The van der Waals surface area contributed by atoms with Crippen molar-refractivity contribution in [2.45, 2.75) is 49.9 Å². The maximum atomic E-state index is 13.6. The minimum atomic E-state index is -1.21. The van der Waals surface area contributed by atoms with Crippen molar-refractivity contribution >= 4 is 35.5 Å². The molecule has 4 unspecified atom stereocenters. The van der Waals surface area contributed by atoms with Crippen molar-refractivity contribution in [1.29, 1.82) is 0 Å². The summed E-state index contributed by atoms with van der Waals surface area (Å²) in [6.07, 6.45) is 5.04. The van der Waals surface area contributed by atoms with E-state index in [0.717, 1.165) is 0 Å². The molecule has 0 fully saturated rings. The lowest BCUT2D eigenvalue weighted by molar-refractivity contribution is -0.142. The summed E-state index contributed by atoms with van der Waals surface area (Å²) in [6, 6.07) is 7.67. The Labute approximate surface area is 252 Å². The second-order valence-corrected chi connectivity index (χ2v) is 10.9. The Morgan fingerprint density at radius 2 is 1.33 bits per heavy atom. The van der Waals surface area contributed by atoms with Crippen LogP contribution < -0.4 is 21.7 Å². The zero-order valence-electron chi connectivity index (χ0n) is 23.5. The number of carboxylic acid groups (broad SMARTS) is 1. The monoisotopic (exact) mass is 612 g/mol. The number of phenols is 2. The molecule has 14 heteroatoms. The summed E-state index contributed by atoms with van der Waals surface area (Å²) in [5.41, 5.74) is 7.97. The molecule has 0 bridgehead atoms. The molecular weight excluding hydrogens is 576 g/mol.